The van der Waals surface area contributed by atoms with Crippen LogP contribution in [0.1, 0.15) is 6.42 Å². The van der Waals surface area contributed by atoms with Gasteiger partial charge in [0, 0.05) is 5.25 Å². The van der Waals surface area contributed by atoms with Gasteiger partial charge in [-0.1, -0.05) is 18.2 Å². The van der Waals surface area contributed by atoms with Gasteiger partial charge in [-0.3, -0.25) is 0 Å². The average molecular weight is 156 g/mol. The van der Waals surface area contributed by atoms with Crippen LogP contribution in [0.5, 0.6) is 0 Å². The van der Waals surface area contributed by atoms with Crippen LogP contribution in [0, 0.1) is 0 Å². The average Bonchev–Trinajstić information content (AvgIpc) is 1.88. The van der Waals surface area contributed by atoms with Crippen molar-refractivity contribution in [1.82, 2.24) is 0 Å². The van der Waals surface area contributed by atoms with Crippen molar-refractivity contribution in [2.45, 2.75) is 11.7 Å². The molecule has 0 amide bonds. The van der Waals surface area contributed by atoms with Gasteiger partial charge in [-0.2, -0.15) is 12.6 Å². The van der Waals surface area contributed by atoms with Gasteiger partial charge in [-0.25, -0.2) is 4.79 Å². The van der Waals surface area contributed by atoms with Gasteiger partial charge < -0.3 is 5.11 Å². The highest BCUT2D eigenvalue weighted by molar-refractivity contribution is 7.81. The standard InChI is InChI=1S/C7H8O2S/c8-7(9)5-3-1-2-4-6(5)10/h1-3,6,10H,4H2,(H,8,9). The molecule has 1 rings (SSSR count). The fraction of sp³-hybridized carbons (Fsp3) is 0.286. The first kappa shape index (κ1) is 7.41. The van der Waals surface area contributed by atoms with E-state index in [0.717, 1.165) is 0 Å². The molecule has 0 aromatic rings. The van der Waals surface area contributed by atoms with Gasteiger partial charge in [0.2, 0.25) is 0 Å². The van der Waals surface area contributed by atoms with Crippen molar-refractivity contribution in [3.63, 3.8) is 0 Å². The first-order valence-corrected chi connectivity index (χ1v) is 3.51. The van der Waals surface area contributed by atoms with E-state index in [2.05, 4.69) is 12.6 Å². The number of aliphatic carboxylic acids is 1. The zero-order valence-corrected chi connectivity index (χ0v) is 6.21. The van der Waals surface area contributed by atoms with Gasteiger partial charge in [0.1, 0.15) is 0 Å². The lowest BCUT2D eigenvalue weighted by Gasteiger charge is -2.10. The topological polar surface area (TPSA) is 37.3 Å². The number of carboxylic acids is 1. The molecule has 0 fully saturated rings. The van der Waals surface area contributed by atoms with Crippen molar-refractivity contribution in [3.8, 4) is 0 Å². The molecule has 2 nitrogen and oxygen atoms in total. The number of hydrogen-bond donors (Lipinski definition) is 2. The Morgan fingerprint density at radius 1 is 1.80 bits per heavy atom. The maximum atomic E-state index is 10.4. The van der Waals surface area contributed by atoms with E-state index >= 15 is 0 Å². The SMILES string of the molecule is O=C(O)C1=CC=CCC1S. The predicted octanol–water partition coefficient (Wildman–Crippen LogP) is 1.26. The predicted molar refractivity (Wildman–Crippen MR) is 42.2 cm³/mol. The molecule has 1 atom stereocenters. The summed E-state index contributed by atoms with van der Waals surface area (Å²) >= 11 is 4.10. The molecule has 0 saturated heterocycles. The lowest BCUT2D eigenvalue weighted by Crippen LogP contribution is -2.13. The normalized spacial score (nSPS) is 24.1. The molecule has 1 aliphatic rings. The zero-order valence-electron chi connectivity index (χ0n) is 5.32. The van der Waals surface area contributed by atoms with Gasteiger partial charge in [0.25, 0.3) is 0 Å². The Morgan fingerprint density at radius 2 is 2.50 bits per heavy atom. The number of allylic oxidation sites excluding steroid dienone is 3. The van der Waals surface area contributed by atoms with Gasteiger partial charge in [-0.15, -0.1) is 0 Å². The molecular weight excluding hydrogens is 148 g/mol. The number of rotatable bonds is 1. The molecule has 0 spiro atoms. The summed E-state index contributed by atoms with van der Waals surface area (Å²) in [7, 11) is 0. The second-order valence-electron chi connectivity index (χ2n) is 2.11. The van der Waals surface area contributed by atoms with E-state index < -0.39 is 5.97 Å². The summed E-state index contributed by atoms with van der Waals surface area (Å²) in [5, 5.41) is 8.42. The van der Waals surface area contributed by atoms with Gasteiger partial charge in [-0.05, 0) is 6.42 Å². The Labute approximate surface area is 64.7 Å². The summed E-state index contributed by atoms with van der Waals surface area (Å²) in [5.74, 6) is -0.871. The molecule has 0 aliphatic heterocycles. The molecule has 54 valence electrons. The van der Waals surface area contributed by atoms with E-state index in [0.29, 0.717) is 12.0 Å². The summed E-state index contributed by atoms with van der Waals surface area (Å²) in [6.07, 6.45) is 5.95. The van der Waals surface area contributed by atoms with Crippen molar-refractivity contribution in [3.05, 3.63) is 23.8 Å². The van der Waals surface area contributed by atoms with Crippen LogP contribution in [0.15, 0.2) is 23.8 Å². The molecule has 1 aliphatic carbocycles. The summed E-state index contributed by atoms with van der Waals surface area (Å²) in [4.78, 5) is 10.4. The van der Waals surface area contributed by atoms with Crippen LogP contribution in [0.2, 0.25) is 0 Å². The van der Waals surface area contributed by atoms with Crippen molar-refractivity contribution in [1.29, 1.82) is 0 Å². The quantitative estimate of drug-likeness (QED) is 0.561. The molecule has 0 bridgehead atoms. The highest BCUT2D eigenvalue weighted by Gasteiger charge is 2.16. The summed E-state index contributed by atoms with van der Waals surface area (Å²) in [6, 6.07) is 0. The van der Waals surface area contributed by atoms with E-state index in [1.54, 1.807) is 12.2 Å². The molecular formula is C7H8O2S. The van der Waals surface area contributed by atoms with Gasteiger partial charge in [0.15, 0.2) is 0 Å². The van der Waals surface area contributed by atoms with Crippen LogP contribution < -0.4 is 0 Å². The lowest BCUT2D eigenvalue weighted by molar-refractivity contribution is -0.132. The number of thiol groups is 1. The van der Waals surface area contributed by atoms with Crippen molar-refractivity contribution < 1.29 is 9.90 Å². The number of hydrogen-bond acceptors (Lipinski definition) is 2. The third kappa shape index (κ3) is 1.42. The molecule has 10 heavy (non-hydrogen) atoms. The van der Waals surface area contributed by atoms with Crippen LogP contribution in [0.4, 0.5) is 0 Å². The number of carbonyl (C=O) groups is 1. The van der Waals surface area contributed by atoms with Gasteiger partial charge >= 0.3 is 5.97 Å². The first-order chi connectivity index (χ1) is 4.72. The molecule has 3 heteroatoms. The molecule has 1 N–H and O–H groups in total. The minimum Gasteiger partial charge on any atom is -0.478 e. The Balaban J connectivity index is 2.80. The molecule has 0 heterocycles. The van der Waals surface area contributed by atoms with Crippen molar-refractivity contribution in [2.75, 3.05) is 0 Å². The van der Waals surface area contributed by atoms with E-state index in [9.17, 15) is 4.79 Å². The van der Waals surface area contributed by atoms with Crippen LogP contribution in [-0.2, 0) is 4.79 Å². The molecule has 0 aromatic carbocycles. The van der Waals surface area contributed by atoms with Crippen LogP contribution in [-0.4, -0.2) is 16.3 Å². The molecule has 0 radical (unpaired) electrons. The van der Waals surface area contributed by atoms with E-state index in [1.807, 2.05) is 6.08 Å². The first-order valence-electron chi connectivity index (χ1n) is 3.00. The molecule has 0 aromatic heterocycles. The minimum atomic E-state index is -0.871. The van der Waals surface area contributed by atoms with Crippen molar-refractivity contribution >= 4 is 18.6 Å². The van der Waals surface area contributed by atoms with E-state index in [-0.39, 0.29) is 5.25 Å². The number of carboxylic acid groups (broad SMARTS) is 1. The zero-order chi connectivity index (χ0) is 7.56. The smallest absolute Gasteiger partial charge is 0.332 e. The summed E-state index contributed by atoms with van der Waals surface area (Å²) in [6.45, 7) is 0. The third-order valence-electron chi connectivity index (χ3n) is 1.38. The highest BCUT2D eigenvalue weighted by atomic mass is 32.1. The molecule has 1 unspecified atom stereocenters. The molecule has 0 saturated carbocycles. The van der Waals surface area contributed by atoms with E-state index in [1.165, 1.54) is 0 Å². The Kier molecular flexibility index (Phi) is 2.17. The fourth-order valence-corrected chi connectivity index (χ4v) is 1.15. The maximum absolute atomic E-state index is 10.4. The summed E-state index contributed by atoms with van der Waals surface area (Å²) in [5.41, 5.74) is 0.380. The Hall–Kier alpha value is -0.700. The Morgan fingerprint density at radius 3 is 2.90 bits per heavy atom. The largest absolute Gasteiger partial charge is 0.478 e. The van der Waals surface area contributed by atoms with Crippen molar-refractivity contribution in [2.24, 2.45) is 0 Å². The monoisotopic (exact) mass is 156 g/mol. The second kappa shape index (κ2) is 2.92. The van der Waals surface area contributed by atoms with Crippen LogP contribution in [0.3, 0.4) is 0 Å². The van der Waals surface area contributed by atoms with E-state index in [4.69, 9.17) is 5.11 Å². The third-order valence-corrected chi connectivity index (χ3v) is 1.87. The van der Waals surface area contributed by atoms with Crippen LogP contribution >= 0.6 is 12.6 Å². The van der Waals surface area contributed by atoms with Crippen LogP contribution in [0.25, 0.3) is 0 Å². The lowest BCUT2D eigenvalue weighted by atomic mass is 10.1. The minimum absolute atomic E-state index is 0.137. The highest BCUT2D eigenvalue weighted by Crippen LogP contribution is 2.18. The Bertz CT molecular complexity index is 206. The maximum Gasteiger partial charge on any atom is 0.332 e. The van der Waals surface area contributed by atoms with Gasteiger partial charge in [0.05, 0.1) is 5.57 Å². The second-order valence-corrected chi connectivity index (χ2v) is 2.73. The summed E-state index contributed by atoms with van der Waals surface area (Å²) < 4.78 is 0. The fourth-order valence-electron chi connectivity index (χ4n) is 0.831.